The summed E-state index contributed by atoms with van der Waals surface area (Å²) < 4.78 is 41.3. The maximum absolute atomic E-state index is 13.3. The van der Waals surface area contributed by atoms with Gasteiger partial charge in [-0.15, -0.1) is 0 Å². The lowest BCUT2D eigenvalue weighted by Crippen LogP contribution is -2.04. The number of halogens is 4. The van der Waals surface area contributed by atoms with E-state index in [-0.39, 0.29) is 32.7 Å². The zero-order valence-electron chi connectivity index (χ0n) is 14.0. The van der Waals surface area contributed by atoms with E-state index in [0.717, 1.165) is 18.0 Å². The van der Waals surface area contributed by atoms with E-state index in [2.05, 4.69) is 15.0 Å². The van der Waals surface area contributed by atoms with Crippen LogP contribution >= 0.6 is 23.4 Å². The molecule has 0 radical (unpaired) electrons. The number of nitriles is 1. The number of nitrogens with zero attached hydrogens (tertiary/aromatic N) is 5. The van der Waals surface area contributed by atoms with Gasteiger partial charge >= 0.3 is 6.18 Å². The first kappa shape index (κ1) is 19.3. The maximum Gasteiger partial charge on any atom is 0.418 e. The third-order valence-corrected chi connectivity index (χ3v) is 5.03. The van der Waals surface area contributed by atoms with E-state index in [1.54, 1.807) is 6.92 Å². The molecule has 0 aliphatic heterocycles. The van der Waals surface area contributed by atoms with Crippen LogP contribution in [0.5, 0.6) is 0 Å². The number of alkyl halides is 3. The predicted molar refractivity (Wildman–Crippen MR) is 96.2 cm³/mol. The van der Waals surface area contributed by atoms with E-state index in [1.165, 1.54) is 23.7 Å². The molecule has 0 amide bonds. The summed E-state index contributed by atoms with van der Waals surface area (Å²) in [5, 5.41) is 8.69. The van der Waals surface area contributed by atoms with Gasteiger partial charge in [0.15, 0.2) is 10.3 Å². The smallest absolute Gasteiger partial charge is 0.384 e. The first-order chi connectivity index (χ1) is 12.6. The van der Waals surface area contributed by atoms with E-state index in [0.29, 0.717) is 5.69 Å². The highest BCUT2D eigenvalue weighted by Gasteiger charge is 2.35. The molecule has 1 unspecified atom stereocenters. The fourth-order valence-electron chi connectivity index (χ4n) is 2.60. The Kier molecular flexibility index (Phi) is 4.92. The molecule has 3 aromatic rings. The minimum Gasteiger partial charge on any atom is -0.384 e. The largest absolute Gasteiger partial charge is 0.418 e. The van der Waals surface area contributed by atoms with Crippen LogP contribution in [0.3, 0.4) is 0 Å². The molecule has 27 heavy (non-hydrogen) atoms. The van der Waals surface area contributed by atoms with Crippen molar-refractivity contribution in [2.45, 2.75) is 23.5 Å². The van der Waals surface area contributed by atoms with Crippen molar-refractivity contribution in [1.29, 1.82) is 5.26 Å². The lowest BCUT2D eigenvalue weighted by Gasteiger charge is -2.12. The molecule has 11 heteroatoms. The number of anilines is 1. The van der Waals surface area contributed by atoms with Crippen LogP contribution < -0.4 is 5.73 Å². The molecule has 0 saturated carbocycles. The Labute approximate surface area is 161 Å². The number of pyridine rings is 1. The van der Waals surface area contributed by atoms with Crippen LogP contribution in [-0.2, 0) is 13.2 Å². The molecule has 0 aliphatic carbocycles. The van der Waals surface area contributed by atoms with Crippen molar-refractivity contribution in [3.63, 3.8) is 0 Å². The molecular weight excluding hydrogens is 401 g/mol. The molecule has 1 atom stereocenters. The van der Waals surface area contributed by atoms with Crippen LogP contribution in [0.4, 0.5) is 19.0 Å². The normalized spacial score (nSPS) is 12.9. The summed E-state index contributed by atoms with van der Waals surface area (Å²) in [5.74, 6) is 0.125. The first-order valence-corrected chi connectivity index (χ1v) is 8.80. The van der Waals surface area contributed by atoms with E-state index in [1.807, 2.05) is 6.07 Å². The van der Waals surface area contributed by atoms with E-state index < -0.39 is 17.0 Å². The third kappa shape index (κ3) is 3.79. The number of rotatable bonds is 3. The highest BCUT2D eigenvalue weighted by atomic mass is 35.5. The molecule has 0 saturated heterocycles. The van der Waals surface area contributed by atoms with Gasteiger partial charge < -0.3 is 10.3 Å². The number of hydrogen-bond acceptors (Lipinski definition) is 6. The highest BCUT2D eigenvalue weighted by Crippen LogP contribution is 2.40. The van der Waals surface area contributed by atoms with Gasteiger partial charge in [-0.05, 0) is 13.0 Å². The van der Waals surface area contributed by atoms with Crippen LogP contribution in [0, 0.1) is 11.3 Å². The van der Waals surface area contributed by atoms with Crippen molar-refractivity contribution < 1.29 is 13.2 Å². The zero-order chi connectivity index (χ0) is 19.9. The molecule has 0 bridgehead atoms. The van der Waals surface area contributed by atoms with Crippen molar-refractivity contribution >= 4 is 40.1 Å². The quantitative estimate of drug-likeness (QED) is 0.390. The lowest BCUT2D eigenvalue weighted by atomic mass is 10.1. The average molecular weight is 413 g/mol. The van der Waals surface area contributed by atoms with Gasteiger partial charge in [-0.2, -0.15) is 18.4 Å². The second kappa shape index (κ2) is 6.90. The molecule has 140 valence electrons. The fourth-order valence-corrected chi connectivity index (χ4v) is 3.80. The SMILES string of the molecule is CC(Sc1nc(N)cc(C#N)n1)c1cc2c(C(F)(F)F)cn(C)c2c(Cl)n1. The maximum atomic E-state index is 13.3. The topological polar surface area (TPSA) is 93.4 Å². The number of hydrogen-bond donors (Lipinski definition) is 1. The molecule has 3 heterocycles. The molecule has 6 nitrogen and oxygen atoms in total. The first-order valence-electron chi connectivity index (χ1n) is 7.54. The molecule has 0 fully saturated rings. The van der Waals surface area contributed by atoms with Crippen molar-refractivity contribution in [3.05, 3.63) is 40.4 Å². The number of nitrogen functional groups attached to an aromatic ring is 1. The van der Waals surface area contributed by atoms with Gasteiger partial charge in [0.05, 0.1) is 22.0 Å². The summed E-state index contributed by atoms with van der Waals surface area (Å²) in [6.07, 6.45) is -3.53. The van der Waals surface area contributed by atoms with E-state index >= 15 is 0 Å². The number of aromatic nitrogens is 4. The van der Waals surface area contributed by atoms with Gasteiger partial charge in [0.2, 0.25) is 0 Å². The molecule has 0 aliphatic rings. The van der Waals surface area contributed by atoms with Gasteiger partial charge in [0, 0.05) is 24.7 Å². The molecule has 0 aromatic carbocycles. The molecule has 3 aromatic heterocycles. The van der Waals surface area contributed by atoms with Gasteiger partial charge in [-0.1, -0.05) is 23.4 Å². The minimum atomic E-state index is -4.52. The molecule has 2 N–H and O–H groups in total. The Morgan fingerprint density at radius 3 is 2.63 bits per heavy atom. The zero-order valence-corrected chi connectivity index (χ0v) is 15.6. The van der Waals surface area contributed by atoms with Crippen LogP contribution in [0.2, 0.25) is 5.15 Å². The Morgan fingerprint density at radius 1 is 1.30 bits per heavy atom. The van der Waals surface area contributed by atoms with E-state index in [9.17, 15) is 13.2 Å². The van der Waals surface area contributed by atoms with Gasteiger partial charge in [0.1, 0.15) is 17.6 Å². The second-order valence-corrected chi connectivity index (χ2v) is 7.38. The summed E-state index contributed by atoms with van der Waals surface area (Å²) in [5.41, 5.74) is 5.49. The summed E-state index contributed by atoms with van der Waals surface area (Å²) in [4.78, 5) is 12.3. The van der Waals surface area contributed by atoms with Crippen molar-refractivity contribution in [3.8, 4) is 6.07 Å². The Morgan fingerprint density at radius 2 is 2.00 bits per heavy atom. The van der Waals surface area contributed by atoms with Crippen LogP contribution in [0.25, 0.3) is 10.9 Å². The minimum absolute atomic E-state index is 0.0286. The monoisotopic (exact) mass is 412 g/mol. The standard InChI is InChI=1S/C16H12ClF3N6S/c1-7(27-15-23-8(5-21)3-12(22)25-15)11-4-9-10(16(18,19)20)6-26(2)13(9)14(17)24-11/h3-4,6-7H,1-2H3,(H2,22,23,25). The van der Waals surface area contributed by atoms with Crippen LogP contribution in [0.15, 0.2) is 23.5 Å². The van der Waals surface area contributed by atoms with Gasteiger partial charge in [-0.25, -0.2) is 15.0 Å². The van der Waals surface area contributed by atoms with Gasteiger partial charge in [-0.3, -0.25) is 0 Å². The van der Waals surface area contributed by atoms with Gasteiger partial charge in [0.25, 0.3) is 0 Å². The number of thioether (sulfide) groups is 1. The summed E-state index contributed by atoms with van der Waals surface area (Å²) in [6.45, 7) is 1.73. The molecule has 0 spiro atoms. The van der Waals surface area contributed by atoms with Crippen molar-refractivity contribution in [2.24, 2.45) is 7.05 Å². The number of nitrogens with two attached hydrogens (primary N) is 1. The number of aryl methyl sites for hydroxylation is 1. The lowest BCUT2D eigenvalue weighted by molar-refractivity contribution is -0.136. The van der Waals surface area contributed by atoms with Crippen LogP contribution in [-0.4, -0.2) is 19.5 Å². The Bertz CT molecular complexity index is 1070. The second-order valence-electron chi connectivity index (χ2n) is 5.72. The van der Waals surface area contributed by atoms with Crippen LogP contribution in [0.1, 0.15) is 29.1 Å². The third-order valence-electron chi connectivity index (χ3n) is 3.78. The highest BCUT2D eigenvalue weighted by molar-refractivity contribution is 7.99. The Hall–Kier alpha value is -2.51. The summed E-state index contributed by atoms with van der Waals surface area (Å²) >= 11 is 7.26. The molecule has 3 rings (SSSR count). The van der Waals surface area contributed by atoms with E-state index in [4.69, 9.17) is 22.6 Å². The summed E-state index contributed by atoms with van der Waals surface area (Å²) in [7, 11) is 1.48. The van der Waals surface area contributed by atoms with Crippen molar-refractivity contribution in [1.82, 2.24) is 19.5 Å². The molecular formula is C16H12ClF3N6S. The fraction of sp³-hybridized carbons (Fsp3) is 0.250. The summed E-state index contributed by atoms with van der Waals surface area (Å²) in [6, 6.07) is 4.56. The predicted octanol–water partition coefficient (Wildman–Crippen LogP) is 4.34. The Balaban J connectivity index is 2.04. The average Bonchev–Trinajstić information content (AvgIpc) is 2.91. The number of fused-ring (bicyclic) bond motifs is 1. The van der Waals surface area contributed by atoms with Crippen molar-refractivity contribution in [2.75, 3.05) is 5.73 Å².